The molecule has 1 aliphatic rings. The minimum atomic E-state index is -0.249. The Bertz CT molecular complexity index is 950. The highest BCUT2D eigenvalue weighted by Gasteiger charge is 2.23. The number of carbonyl (C=O) groups is 1. The number of carbonyl (C=O) groups excluding carboxylic acids is 1. The third-order valence-corrected chi connectivity index (χ3v) is 5.58. The summed E-state index contributed by atoms with van der Waals surface area (Å²) < 4.78 is 5.11. The van der Waals surface area contributed by atoms with Gasteiger partial charge in [-0.1, -0.05) is 12.1 Å². The number of nitrogens with zero attached hydrogens (tertiary/aromatic N) is 2. The zero-order chi connectivity index (χ0) is 20.9. The summed E-state index contributed by atoms with van der Waals surface area (Å²) in [5.41, 5.74) is 4.26. The Kier molecular flexibility index (Phi) is 6.05. The van der Waals surface area contributed by atoms with Crippen LogP contribution in [-0.2, 0) is 6.54 Å². The van der Waals surface area contributed by atoms with E-state index in [2.05, 4.69) is 58.8 Å². The Hall–Kier alpha value is -3.25. The van der Waals surface area contributed by atoms with Gasteiger partial charge in [-0.15, -0.1) is 0 Å². The van der Waals surface area contributed by atoms with Gasteiger partial charge in [-0.05, 0) is 74.6 Å². The van der Waals surface area contributed by atoms with Crippen LogP contribution in [0.1, 0.15) is 22.5 Å². The quantitative estimate of drug-likeness (QED) is 0.615. The zero-order valence-corrected chi connectivity index (χ0v) is 17.5. The zero-order valence-electron chi connectivity index (χ0n) is 17.5. The molecule has 2 heterocycles. The number of furan rings is 1. The van der Waals surface area contributed by atoms with Gasteiger partial charge < -0.3 is 24.9 Å². The first-order chi connectivity index (χ1) is 14.6. The molecule has 1 fully saturated rings. The van der Waals surface area contributed by atoms with Gasteiger partial charge in [-0.2, -0.15) is 0 Å². The summed E-state index contributed by atoms with van der Waals surface area (Å²) in [4.78, 5) is 16.8. The molecule has 1 unspecified atom stereocenters. The highest BCUT2D eigenvalue weighted by molar-refractivity contribution is 6.02. The molecule has 0 aliphatic carbocycles. The van der Waals surface area contributed by atoms with Crippen molar-refractivity contribution >= 4 is 23.0 Å². The first kappa shape index (κ1) is 20.0. The molecular weight excluding hydrogens is 376 g/mol. The summed E-state index contributed by atoms with van der Waals surface area (Å²) >= 11 is 0. The van der Waals surface area contributed by atoms with E-state index in [1.165, 1.54) is 18.4 Å². The molecule has 156 valence electrons. The molecular formula is C24H28N4O2. The number of rotatable bonds is 7. The van der Waals surface area contributed by atoms with Crippen LogP contribution >= 0.6 is 0 Å². The van der Waals surface area contributed by atoms with Crippen LogP contribution in [0.4, 0.5) is 17.1 Å². The largest absolute Gasteiger partial charge is 0.459 e. The van der Waals surface area contributed by atoms with E-state index < -0.39 is 0 Å². The molecule has 6 heteroatoms. The van der Waals surface area contributed by atoms with Crippen LogP contribution in [0.25, 0.3) is 0 Å². The SMILES string of the molecule is CN(C)C1CCN(c2ccc(NCc3ccc(NC(=O)c4ccco4)cc3)cc2)C1. The van der Waals surface area contributed by atoms with Gasteiger partial charge in [0.15, 0.2) is 5.76 Å². The lowest BCUT2D eigenvalue weighted by Gasteiger charge is -2.22. The lowest BCUT2D eigenvalue weighted by molar-refractivity contribution is 0.0996. The standard InChI is InChI=1S/C24H28N4O2/c1-27(2)22-13-14-28(17-22)21-11-9-19(10-12-21)25-16-18-5-7-20(8-6-18)26-24(29)23-4-3-15-30-23/h3-12,15,22,25H,13-14,16-17H2,1-2H3,(H,26,29). The molecule has 0 spiro atoms. The predicted molar refractivity (Wildman–Crippen MR) is 121 cm³/mol. The topological polar surface area (TPSA) is 60.8 Å². The summed E-state index contributed by atoms with van der Waals surface area (Å²) in [6, 6.07) is 20.4. The van der Waals surface area contributed by atoms with Crippen molar-refractivity contribution in [1.29, 1.82) is 0 Å². The maximum Gasteiger partial charge on any atom is 0.291 e. The van der Waals surface area contributed by atoms with E-state index >= 15 is 0 Å². The minimum Gasteiger partial charge on any atom is -0.459 e. The molecule has 1 atom stereocenters. The molecule has 1 aliphatic heterocycles. The van der Waals surface area contributed by atoms with Crippen molar-refractivity contribution in [3.63, 3.8) is 0 Å². The van der Waals surface area contributed by atoms with E-state index in [1.54, 1.807) is 12.1 Å². The average Bonchev–Trinajstić information content (AvgIpc) is 3.46. The van der Waals surface area contributed by atoms with E-state index in [-0.39, 0.29) is 5.91 Å². The number of hydrogen-bond acceptors (Lipinski definition) is 5. The van der Waals surface area contributed by atoms with E-state index in [1.807, 2.05) is 24.3 Å². The molecule has 4 rings (SSSR count). The van der Waals surface area contributed by atoms with Gasteiger partial charge in [-0.3, -0.25) is 4.79 Å². The Labute approximate surface area is 177 Å². The molecule has 30 heavy (non-hydrogen) atoms. The Morgan fingerprint density at radius 2 is 1.80 bits per heavy atom. The first-order valence-electron chi connectivity index (χ1n) is 10.3. The van der Waals surface area contributed by atoms with Crippen molar-refractivity contribution in [1.82, 2.24) is 4.90 Å². The van der Waals surface area contributed by atoms with Crippen molar-refractivity contribution in [2.75, 3.05) is 42.7 Å². The van der Waals surface area contributed by atoms with Crippen molar-refractivity contribution in [2.45, 2.75) is 19.0 Å². The van der Waals surface area contributed by atoms with Gasteiger partial charge in [0.25, 0.3) is 5.91 Å². The van der Waals surface area contributed by atoms with E-state index in [4.69, 9.17) is 4.42 Å². The molecule has 0 saturated carbocycles. The van der Waals surface area contributed by atoms with Crippen LogP contribution in [0.2, 0.25) is 0 Å². The van der Waals surface area contributed by atoms with Crippen molar-refractivity contribution < 1.29 is 9.21 Å². The molecule has 2 N–H and O–H groups in total. The molecule has 0 bridgehead atoms. The number of benzene rings is 2. The third-order valence-electron chi connectivity index (χ3n) is 5.58. The van der Waals surface area contributed by atoms with Gasteiger partial charge in [0, 0.05) is 42.7 Å². The molecule has 0 radical (unpaired) electrons. The van der Waals surface area contributed by atoms with Crippen LogP contribution in [0, 0.1) is 0 Å². The number of hydrogen-bond donors (Lipinski definition) is 2. The van der Waals surface area contributed by atoms with Crippen LogP contribution in [0.3, 0.4) is 0 Å². The first-order valence-corrected chi connectivity index (χ1v) is 10.3. The second-order valence-corrected chi connectivity index (χ2v) is 7.88. The fourth-order valence-corrected chi connectivity index (χ4v) is 3.70. The summed E-state index contributed by atoms with van der Waals surface area (Å²) in [6.45, 7) is 2.92. The normalized spacial score (nSPS) is 16.1. The smallest absolute Gasteiger partial charge is 0.291 e. The Balaban J connectivity index is 1.28. The fourth-order valence-electron chi connectivity index (χ4n) is 3.70. The summed E-state index contributed by atoms with van der Waals surface area (Å²) in [6.07, 6.45) is 2.70. The highest BCUT2D eigenvalue weighted by atomic mass is 16.3. The number of anilines is 3. The van der Waals surface area contributed by atoms with Gasteiger partial charge in [0.2, 0.25) is 0 Å². The van der Waals surface area contributed by atoms with Gasteiger partial charge in [0.05, 0.1) is 6.26 Å². The van der Waals surface area contributed by atoms with Gasteiger partial charge in [0.1, 0.15) is 0 Å². The van der Waals surface area contributed by atoms with E-state index in [0.29, 0.717) is 11.8 Å². The van der Waals surface area contributed by atoms with Crippen molar-refractivity contribution in [2.24, 2.45) is 0 Å². The van der Waals surface area contributed by atoms with E-state index in [0.717, 1.165) is 36.6 Å². The molecule has 6 nitrogen and oxygen atoms in total. The second-order valence-electron chi connectivity index (χ2n) is 7.88. The van der Waals surface area contributed by atoms with Gasteiger partial charge in [-0.25, -0.2) is 0 Å². The predicted octanol–water partition coefficient (Wildman–Crippen LogP) is 4.28. The lowest BCUT2D eigenvalue weighted by Crippen LogP contribution is -2.31. The van der Waals surface area contributed by atoms with Crippen LogP contribution in [0.5, 0.6) is 0 Å². The Morgan fingerprint density at radius 1 is 1.07 bits per heavy atom. The average molecular weight is 405 g/mol. The number of amides is 1. The van der Waals surface area contributed by atoms with Gasteiger partial charge >= 0.3 is 0 Å². The van der Waals surface area contributed by atoms with Crippen molar-refractivity contribution in [3.05, 3.63) is 78.3 Å². The second kappa shape index (κ2) is 9.05. The summed E-state index contributed by atoms with van der Waals surface area (Å²) in [5, 5.41) is 6.29. The maximum atomic E-state index is 12.0. The van der Waals surface area contributed by atoms with E-state index in [9.17, 15) is 4.79 Å². The molecule has 1 amide bonds. The lowest BCUT2D eigenvalue weighted by atomic mass is 10.2. The highest BCUT2D eigenvalue weighted by Crippen LogP contribution is 2.24. The third kappa shape index (κ3) is 4.83. The molecule has 3 aromatic rings. The van der Waals surface area contributed by atoms with Crippen molar-refractivity contribution in [3.8, 4) is 0 Å². The number of nitrogens with one attached hydrogen (secondary N) is 2. The minimum absolute atomic E-state index is 0.249. The molecule has 1 aromatic heterocycles. The summed E-state index contributed by atoms with van der Waals surface area (Å²) in [7, 11) is 4.31. The maximum absolute atomic E-state index is 12.0. The van der Waals surface area contributed by atoms with Crippen LogP contribution in [0.15, 0.2) is 71.3 Å². The van der Waals surface area contributed by atoms with Crippen LogP contribution < -0.4 is 15.5 Å². The molecule has 1 saturated heterocycles. The summed E-state index contributed by atoms with van der Waals surface area (Å²) in [5.74, 6) is 0.0521. The number of likely N-dealkylation sites (N-methyl/N-ethyl adjacent to an activating group) is 1. The molecule has 2 aromatic carbocycles. The Morgan fingerprint density at radius 3 is 2.43 bits per heavy atom. The fraction of sp³-hybridized carbons (Fsp3) is 0.292. The monoisotopic (exact) mass is 404 g/mol. The van der Waals surface area contributed by atoms with Crippen LogP contribution in [-0.4, -0.2) is 44.0 Å².